The molecule has 0 amide bonds. The Bertz CT molecular complexity index is 886. The first-order valence-corrected chi connectivity index (χ1v) is 8.33. The van der Waals surface area contributed by atoms with Gasteiger partial charge in [-0.05, 0) is 5.56 Å². The van der Waals surface area contributed by atoms with Crippen molar-refractivity contribution >= 4 is 11.8 Å². The summed E-state index contributed by atoms with van der Waals surface area (Å²) >= 11 is 1.22. The summed E-state index contributed by atoms with van der Waals surface area (Å²) < 4.78 is 5.39. The number of benzene rings is 2. The van der Waals surface area contributed by atoms with Crippen LogP contribution >= 0.6 is 11.8 Å². The molecule has 0 spiro atoms. The molecule has 4 heteroatoms. The highest BCUT2D eigenvalue weighted by molar-refractivity contribution is 7.99. The lowest BCUT2D eigenvalue weighted by Gasteiger charge is -2.13. The summed E-state index contributed by atoms with van der Waals surface area (Å²) in [5.41, 5.74) is 1.19. The first-order valence-electron chi connectivity index (χ1n) is 7.45. The lowest BCUT2D eigenvalue weighted by molar-refractivity contribution is 0.430. The second-order valence-corrected chi connectivity index (χ2v) is 6.32. The van der Waals surface area contributed by atoms with E-state index in [-0.39, 0.29) is 15.9 Å². The van der Waals surface area contributed by atoms with Crippen molar-refractivity contribution < 1.29 is 9.52 Å². The number of hydrogen-bond donors (Lipinski definition) is 1. The normalized spacial score (nSPS) is 11.8. The van der Waals surface area contributed by atoms with Gasteiger partial charge in [0.2, 0.25) is 0 Å². The topological polar surface area (TPSA) is 50.4 Å². The quantitative estimate of drug-likeness (QED) is 0.524. The van der Waals surface area contributed by atoms with Gasteiger partial charge in [-0.3, -0.25) is 0 Å². The van der Waals surface area contributed by atoms with Crippen LogP contribution in [-0.2, 0) is 0 Å². The largest absolute Gasteiger partial charge is 0.506 e. The summed E-state index contributed by atoms with van der Waals surface area (Å²) in [7, 11) is 0. The number of aromatic hydroxyl groups is 1. The monoisotopic (exact) mass is 336 g/mol. The summed E-state index contributed by atoms with van der Waals surface area (Å²) in [5, 5.41) is 10.2. The second-order valence-electron chi connectivity index (χ2n) is 5.16. The van der Waals surface area contributed by atoms with Crippen molar-refractivity contribution in [3.05, 3.63) is 95.4 Å². The summed E-state index contributed by atoms with van der Waals surface area (Å²) in [4.78, 5) is 12.5. The van der Waals surface area contributed by atoms with Crippen molar-refractivity contribution in [1.82, 2.24) is 0 Å². The average Bonchev–Trinajstić information content (AvgIpc) is 2.62. The van der Waals surface area contributed by atoms with E-state index in [4.69, 9.17) is 4.42 Å². The average molecular weight is 336 g/mol. The molecule has 0 aliphatic rings. The molecule has 0 saturated carbocycles. The molecule has 1 unspecified atom stereocenters. The van der Waals surface area contributed by atoms with E-state index in [1.165, 1.54) is 17.8 Å². The van der Waals surface area contributed by atoms with Gasteiger partial charge in [0.25, 0.3) is 0 Å². The van der Waals surface area contributed by atoms with Gasteiger partial charge in [-0.1, -0.05) is 66.7 Å². The first kappa shape index (κ1) is 16.1. The maximum Gasteiger partial charge on any atom is 0.353 e. The highest BCUT2D eigenvalue weighted by Gasteiger charge is 2.18. The third kappa shape index (κ3) is 3.44. The predicted molar refractivity (Wildman–Crippen MR) is 97.3 cm³/mol. The van der Waals surface area contributed by atoms with E-state index in [1.807, 2.05) is 60.7 Å². The van der Waals surface area contributed by atoms with Crippen LogP contribution in [0.1, 0.15) is 10.8 Å². The molecule has 1 N–H and O–H groups in total. The van der Waals surface area contributed by atoms with Crippen LogP contribution in [0, 0.1) is 0 Å². The van der Waals surface area contributed by atoms with Crippen LogP contribution in [0.2, 0.25) is 0 Å². The molecule has 24 heavy (non-hydrogen) atoms. The minimum absolute atomic E-state index is 0.0853. The van der Waals surface area contributed by atoms with Crippen molar-refractivity contribution in [3.8, 4) is 17.1 Å². The zero-order valence-corrected chi connectivity index (χ0v) is 13.7. The van der Waals surface area contributed by atoms with Crippen LogP contribution in [0.4, 0.5) is 0 Å². The van der Waals surface area contributed by atoms with Gasteiger partial charge in [0.05, 0.1) is 5.25 Å². The number of rotatable bonds is 5. The molecule has 1 heterocycles. The molecule has 3 rings (SSSR count). The van der Waals surface area contributed by atoms with Crippen LogP contribution in [0.3, 0.4) is 0 Å². The Kier molecular flexibility index (Phi) is 4.87. The van der Waals surface area contributed by atoms with Gasteiger partial charge >= 0.3 is 5.63 Å². The first-order chi connectivity index (χ1) is 11.7. The zero-order chi connectivity index (χ0) is 16.9. The molecule has 0 bridgehead atoms. The van der Waals surface area contributed by atoms with Crippen LogP contribution in [-0.4, -0.2) is 5.11 Å². The molecule has 3 nitrogen and oxygen atoms in total. The summed E-state index contributed by atoms with van der Waals surface area (Å²) in [5.74, 6) is 0.259. The highest BCUT2D eigenvalue weighted by Crippen LogP contribution is 2.39. The molecule has 120 valence electrons. The van der Waals surface area contributed by atoms with Gasteiger partial charge in [-0.25, -0.2) is 4.79 Å². The van der Waals surface area contributed by atoms with Crippen LogP contribution < -0.4 is 5.63 Å². The Labute approximate surface area is 144 Å². The summed E-state index contributed by atoms with van der Waals surface area (Å²) in [6.45, 7) is 3.82. The zero-order valence-electron chi connectivity index (χ0n) is 12.9. The van der Waals surface area contributed by atoms with E-state index in [2.05, 4.69) is 6.58 Å². The molecule has 1 aromatic heterocycles. The third-order valence-corrected chi connectivity index (χ3v) is 4.86. The number of thioether (sulfide) groups is 1. The second kappa shape index (κ2) is 7.23. The van der Waals surface area contributed by atoms with E-state index < -0.39 is 5.63 Å². The Hall–Kier alpha value is -2.72. The van der Waals surface area contributed by atoms with Crippen LogP contribution in [0.5, 0.6) is 5.75 Å². The Morgan fingerprint density at radius 1 is 1.04 bits per heavy atom. The third-order valence-electron chi connectivity index (χ3n) is 3.53. The molecule has 0 aliphatic heterocycles. The highest BCUT2D eigenvalue weighted by atomic mass is 32.2. The minimum Gasteiger partial charge on any atom is -0.506 e. The van der Waals surface area contributed by atoms with Crippen LogP contribution in [0.15, 0.2) is 93.5 Å². The van der Waals surface area contributed by atoms with Crippen molar-refractivity contribution in [2.75, 3.05) is 0 Å². The fraction of sp³-hybridized carbons (Fsp3) is 0.0500. The Morgan fingerprint density at radius 3 is 2.25 bits per heavy atom. The lowest BCUT2D eigenvalue weighted by Crippen LogP contribution is -2.04. The van der Waals surface area contributed by atoms with Crippen molar-refractivity contribution in [3.63, 3.8) is 0 Å². The van der Waals surface area contributed by atoms with E-state index in [0.29, 0.717) is 5.76 Å². The number of hydrogen-bond acceptors (Lipinski definition) is 4. The molecular formula is C20H16O3S. The van der Waals surface area contributed by atoms with Gasteiger partial charge in [-0.2, -0.15) is 0 Å². The van der Waals surface area contributed by atoms with E-state index in [1.54, 1.807) is 6.08 Å². The molecule has 0 aliphatic carbocycles. The summed E-state index contributed by atoms with van der Waals surface area (Å²) in [6, 6.07) is 20.4. The smallest absolute Gasteiger partial charge is 0.353 e. The molecule has 1 atom stereocenters. The van der Waals surface area contributed by atoms with Crippen LogP contribution in [0.25, 0.3) is 11.3 Å². The maximum atomic E-state index is 12.3. The SMILES string of the molecule is C=CC(Sc1c(O)cc(-c2ccccc2)oc1=O)c1ccccc1. The molecule has 0 radical (unpaired) electrons. The molecule has 2 aromatic carbocycles. The van der Waals surface area contributed by atoms with E-state index in [0.717, 1.165) is 11.1 Å². The van der Waals surface area contributed by atoms with Gasteiger partial charge in [0.1, 0.15) is 16.4 Å². The van der Waals surface area contributed by atoms with Gasteiger partial charge in [0, 0.05) is 11.6 Å². The lowest BCUT2D eigenvalue weighted by atomic mass is 10.1. The summed E-state index contributed by atoms with van der Waals surface area (Å²) in [6.07, 6.45) is 1.74. The van der Waals surface area contributed by atoms with Gasteiger partial charge in [-0.15, -0.1) is 18.3 Å². The molecule has 0 saturated heterocycles. The Morgan fingerprint density at radius 2 is 1.67 bits per heavy atom. The predicted octanol–water partition coefficient (Wildman–Crippen LogP) is 5.03. The molecule has 3 aromatic rings. The fourth-order valence-electron chi connectivity index (χ4n) is 2.35. The Balaban J connectivity index is 1.95. The minimum atomic E-state index is -0.554. The fourth-order valence-corrected chi connectivity index (χ4v) is 3.31. The maximum absolute atomic E-state index is 12.3. The molecular weight excluding hydrogens is 320 g/mol. The van der Waals surface area contributed by atoms with E-state index >= 15 is 0 Å². The van der Waals surface area contributed by atoms with Crippen molar-refractivity contribution in [1.29, 1.82) is 0 Å². The van der Waals surface area contributed by atoms with Gasteiger partial charge in [0.15, 0.2) is 0 Å². The van der Waals surface area contributed by atoms with Crippen molar-refractivity contribution in [2.24, 2.45) is 0 Å². The standard InChI is InChI=1S/C20H16O3S/c1-2-18(15-11-7-4-8-12-15)24-19-16(21)13-17(23-20(19)22)14-9-5-3-6-10-14/h2-13,18,21H,1H2. The van der Waals surface area contributed by atoms with Crippen molar-refractivity contribution in [2.45, 2.75) is 10.1 Å². The molecule has 0 fully saturated rings. The van der Waals surface area contributed by atoms with Gasteiger partial charge < -0.3 is 9.52 Å². The van der Waals surface area contributed by atoms with E-state index in [9.17, 15) is 9.90 Å².